The predicted molar refractivity (Wildman–Crippen MR) is 58.9 cm³/mol. The summed E-state index contributed by atoms with van der Waals surface area (Å²) >= 11 is 9.19. The van der Waals surface area contributed by atoms with Crippen molar-refractivity contribution in [1.82, 2.24) is 4.98 Å². The lowest BCUT2D eigenvalue weighted by atomic mass is 10.2. The third-order valence-corrected chi connectivity index (χ3v) is 2.56. The molecule has 4 heteroatoms. The summed E-state index contributed by atoms with van der Waals surface area (Å²) in [6.45, 7) is 0. The summed E-state index contributed by atoms with van der Waals surface area (Å²) in [6.07, 6.45) is 0. The Hall–Kier alpha value is -0.800. The van der Waals surface area contributed by atoms with Crippen LogP contribution >= 0.6 is 27.5 Å². The Bertz CT molecular complexity index is 470. The van der Waals surface area contributed by atoms with Crippen LogP contribution in [0.1, 0.15) is 0 Å². The number of hydrogen-bond acceptors (Lipinski definition) is 2. The second-order valence-electron chi connectivity index (χ2n) is 2.69. The van der Waals surface area contributed by atoms with Gasteiger partial charge in [-0.3, -0.25) is 0 Å². The Morgan fingerprint density at radius 3 is 2.85 bits per heavy atom. The van der Waals surface area contributed by atoms with E-state index in [-0.39, 0.29) is 0 Å². The third-order valence-electron chi connectivity index (χ3n) is 1.76. The van der Waals surface area contributed by atoms with E-state index in [2.05, 4.69) is 20.9 Å². The molecule has 0 unspecified atom stereocenters. The highest BCUT2D eigenvalue weighted by atomic mass is 79.9. The van der Waals surface area contributed by atoms with Crippen LogP contribution in [0, 0.1) is 0 Å². The average Bonchev–Trinajstić information content (AvgIpc) is 2.08. The first-order valence-corrected chi connectivity index (χ1v) is 4.85. The van der Waals surface area contributed by atoms with Crippen molar-refractivity contribution in [1.29, 1.82) is 0 Å². The first-order valence-electron chi connectivity index (χ1n) is 3.68. The first kappa shape index (κ1) is 8.78. The molecular formula is C9H6BrClN2. The van der Waals surface area contributed by atoms with Gasteiger partial charge in [-0.2, -0.15) is 0 Å². The zero-order valence-corrected chi connectivity index (χ0v) is 8.93. The van der Waals surface area contributed by atoms with E-state index in [1.54, 1.807) is 0 Å². The van der Waals surface area contributed by atoms with Crippen molar-refractivity contribution in [3.8, 4) is 0 Å². The van der Waals surface area contributed by atoms with Gasteiger partial charge < -0.3 is 5.73 Å². The molecule has 13 heavy (non-hydrogen) atoms. The fourth-order valence-corrected chi connectivity index (χ4v) is 1.64. The highest BCUT2D eigenvalue weighted by Crippen LogP contribution is 2.24. The van der Waals surface area contributed by atoms with Crippen LogP contribution in [0.4, 0.5) is 5.82 Å². The number of pyridine rings is 1. The maximum atomic E-state index is 5.83. The maximum absolute atomic E-state index is 5.83. The van der Waals surface area contributed by atoms with Gasteiger partial charge in [-0.1, -0.05) is 33.6 Å². The van der Waals surface area contributed by atoms with Gasteiger partial charge in [0.05, 0.1) is 10.5 Å². The number of fused-ring (bicyclic) bond motifs is 1. The minimum Gasteiger partial charge on any atom is -0.382 e. The second kappa shape index (κ2) is 3.16. The number of nitrogens with zero attached hydrogens (tertiary/aromatic N) is 1. The first-order chi connectivity index (χ1) is 6.16. The zero-order chi connectivity index (χ0) is 9.42. The molecule has 66 valence electrons. The fourth-order valence-electron chi connectivity index (χ4n) is 1.13. The van der Waals surface area contributed by atoms with Crippen molar-refractivity contribution in [3.63, 3.8) is 0 Å². The van der Waals surface area contributed by atoms with Crippen molar-refractivity contribution in [2.24, 2.45) is 0 Å². The minimum atomic E-state index is 0.368. The van der Waals surface area contributed by atoms with Crippen molar-refractivity contribution >= 4 is 44.3 Å². The highest BCUT2D eigenvalue weighted by molar-refractivity contribution is 9.10. The Morgan fingerprint density at radius 1 is 1.31 bits per heavy atom. The lowest BCUT2D eigenvalue weighted by Gasteiger charge is -2.01. The highest BCUT2D eigenvalue weighted by Gasteiger charge is 2.01. The van der Waals surface area contributed by atoms with Crippen molar-refractivity contribution < 1.29 is 0 Å². The fraction of sp³-hybridized carbons (Fsp3) is 0. The molecule has 0 saturated heterocycles. The number of anilines is 1. The normalized spacial score (nSPS) is 10.6. The van der Waals surface area contributed by atoms with Crippen LogP contribution in [0.3, 0.4) is 0 Å². The summed E-state index contributed by atoms with van der Waals surface area (Å²) < 4.78 is 0.981. The summed E-state index contributed by atoms with van der Waals surface area (Å²) in [5.41, 5.74) is 6.42. The molecular weight excluding hydrogens is 251 g/mol. The molecule has 1 heterocycles. The molecule has 1 aromatic heterocycles. The van der Waals surface area contributed by atoms with Crippen molar-refractivity contribution in [2.75, 3.05) is 5.73 Å². The number of aromatic nitrogens is 1. The number of rotatable bonds is 0. The average molecular weight is 258 g/mol. The lowest BCUT2D eigenvalue weighted by Crippen LogP contribution is -1.91. The molecule has 2 nitrogen and oxygen atoms in total. The van der Waals surface area contributed by atoms with E-state index >= 15 is 0 Å². The molecule has 2 aromatic rings. The quantitative estimate of drug-likeness (QED) is 0.787. The molecule has 0 aliphatic rings. The van der Waals surface area contributed by atoms with Crippen LogP contribution < -0.4 is 5.73 Å². The molecule has 0 bridgehead atoms. The van der Waals surface area contributed by atoms with E-state index in [0.29, 0.717) is 10.8 Å². The number of halogens is 2. The van der Waals surface area contributed by atoms with E-state index in [4.69, 9.17) is 17.3 Å². The molecule has 0 fully saturated rings. The smallest absolute Gasteiger partial charge is 0.142 e. The SMILES string of the molecule is Nc1nc2cc(Br)ccc2cc1Cl. The summed E-state index contributed by atoms with van der Waals surface area (Å²) in [4.78, 5) is 4.15. The van der Waals surface area contributed by atoms with Crippen molar-refractivity contribution in [2.45, 2.75) is 0 Å². The molecule has 0 atom stereocenters. The maximum Gasteiger partial charge on any atom is 0.142 e. The molecule has 0 aliphatic carbocycles. The van der Waals surface area contributed by atoms with Gasteiger partial charge in [0.2, 0.25) is 0 Å². The summed E-state index contributed by atoms with van der Waals surface area (Å²) in [5.74, 6) is 0.368. The van der Waals surface area contributed by atoms with E-state index in [0.717, 1.165) is 15.4 Å². The molecule has 0 spiro atoms. The molecule has 0 saturated carbocycles. The Balaban J connectivity index is 2.81. The van der Waals surface area contributed by atoms with Crippen LogP contribution in [0.15, 0.2) is 28.7 Å². The largest absolute Gasteiger partial charge is 0.382 e. The van der Waals surface area contributed by atoms with Gasteiger partial charge in [0, 0.05) is 9.86 Å². The van der Waals surface area contributed by atoms with E-state index in [1.807, 2.05) is 24.3 Å². The van der Waals surface area contributed by atoms with Gasteiger partial charge in [0.15, 0.2) is 0 Å². The van der Waals surface area contributed by atoms with E-state index in [9.17, 15) is 0 Å². The van der Waals surface area contributed by atoms with E-state index < -0.39 is 0 Å². The minimum absolute atomic E-state index is 0.368. The molecule has 0 radical (unpaired) electrons. The topological polar surface area (TPSA) is 38.9 Å². The molecule has 0 amide bonds. The van der Waals surface area contributed by atoms with Gasteiger partial charge in [-0.25, -0.2) is 4.98 Å². The van der Waals surface area contributed by atoms with Crippen LogP contribution in [0.2, 0.25) is 5.02 Å². The van der Waals surface area contributed by atoms with Gasteiger partial charge in [-0.05, 0) is 18.2 Å². The summed E-state index contributed by atoms with van der Waals surface area (Å²) in [6, 6.07) is 7.60. The third kappa shape index (κ3) is 1.62. The van der Waals surface area contributed by atoms with Crippen LogP contribution in [-0.2, 0) is 0 Å². The van der Waals surface area contributed by atoms with Gasteiger partial charge in [-0.15, -0.1) is 0 Å². The van der Waals surface area contributed by atoms with Crippen LogP contribution in [0.25, 0.3) is 10.9 Å². The second-order valence-corrected chi connectivity index (χ2v) is 4.02. The molecule has 2 N–H and O–H groups in total. The zero-order valence-electron chi connectivity index (χ0n) is 6.59. The van der Waals surface area contributed by atoms with Crippen LogP contribution in [0.5, 0.6) is 0 Å². The molecule has 2 rings (SSSR count). The Labute approximate surface area is 88.8 Å². The number of benzene rings is 1. The van der Waals surface area contributed by atoms with Crippen molar-refractivity contribution in [3.05, 3.63) is 33.8 Å². The molecule has 1 aromatic carbocycles. The number of hydrogen-bond donors (Lipinski definition) is 1. The Kier molecular flexibility index (Phi) is 2.14. The predicted octanol–water partition coefficient (Wildman–Crippen LogP) is 3.23. The molecule has 0 aliphatic heterocycles. The van der Waals surface area contributed by atoms with E-state index in [1.165, 1.54) is 0 Å². The lowest BCUT2D eigenvalue weighted by molar-refractivity contribution is 1.41. The van der Waals surface area contributed by atoms with Gasteiger partial charge >= 0.3 is 0 Å². The van der Waals surface area contributed by atoms with Gasteiger partial charge in [0.25, 0.3) is 0 Å². The summed E-state index contributed by atoms with van der Waals surface area (Å²) in [5, 5.41) is 1.48. The van der Waals surface area contributed by atoms with Crippen LogP contribution in [-0.4, -0.2) is 4.98 Å². The monoisotopic (exact) mass is 256 g/mol. The van der Waals surface area contributed by atoms with Gasteiger partial charge in [0.1, 0.15) is 5.82 Å². The number of nitrogen functional groups attached to an aromatic ring is 1. The number of nitrogens with two attached hydrogens (primary N) is 1. The standard InChI is InChI=1S/C9H6BrClN2/c10-6-2-1-5-3-7(11)9(12)13-8(5)4-6/h1-4H,(H2,12,13). The Morgan fingerprint density at radius 2 is 2.08 bits per heavy atom. The summed E-state index contributed by atoms with van der Waals surface area (Å²) in [7, 11) is 0.